The van der Waals surface area contributed by atoms with Gasteiger partial charge in [0.05, 0.1) is 0 Å². The number of hydrogen-bond donors (Lipinski definition) is 2. The number of benzene rings is 1. The number of aryl methyl sites for hydroxylation is 2. The molecule has 2 rings (SSSR count). The minimum Gasteiger partial charge on any atom is -0.326 e. The highest BCUT2D eigenvalue weighted by molar-refractivity contribution is 7.11. The fourth-order valence-electron chi connectivity index (χ4n) is 2.31. The summed E-state index contributed by atoms with van der Waals surface area (Å²) in [6, 6.07) is 12.3. The van der Waals surface area contributed by atoms with Crippen molar-refractivity contribution in [1.29, 1.82) is 0 Å². The minimum atomic E-state index is 0.0947. The lowest BCUT2D eigenvalue weighted by Gasteiger charge is -2.11. The van der Waals surface area contributed by atoms with Gasteiger partial charge < -0.3 is 10.6 Å². The standard InChI is InChI=1S/C18H24N2OS/c1-3-19-13-15-7-4-5-9-17(15)20-18(21)10-6-8-16-12-11-14(2)22-16/h4-5,7,9,11-12,19H,3,6,8,10,13H2,1-2H3,(H,20,21). The van der Waals surface area contributed by atoms with Crippen LogP contribution in [0.4, 0.5) is 5.69 Å². The monoisotopic (exact) mass is 316 g/mol. The third-order valence-electron chi connectivity index (χ3n) is 3.48. The summed E-state index contributed by atoms with van der Waals surface area (Å²) in [7, 11) is 0. The number of rotatable bonds is 8. The van der Waals surface area contributed by atoms with E-state index in [-0.39, 0.29) is 5.91 Å². The summed E-state index contributed by atoms with van der Waals surface area (Å²) in [5.74, 6) is 0.0947. The van der Waals surface area contributed by atoms with E-state index in [9.17, 15) is 4.79 Å². The van der Waals surface area contributed by atoms with Crippen LogP contribution in [0.15, 0.2) is 36.4 Å². The first-order valence-corrected chi connectivity index (χ1v) is 8.64. The lowest BCUT2D eigenvalue weighted by Crippen LogP contribution is -2.16. The van der Waals surface area contributed by atoms with Crippen molar-refractivity contribution >= 4 is 22.9 Å². The van der Waals surface area contributed by atoms with Crippen molar-refractivity contribution in [3.8, 4) is 0 Å². The van der Waals surface area contributed by atoms with Gasteiger partial charge in [-0.1, -0.05) is 25.1 Å². The average Bonchev–Trinajstić information content (AvgIpc) is 2.92. The average molecular weight is 316 g/mol. The third-order valence-corrected chi connectivity index (χ3v) is 4.54. The van der Waals surface area contributed by atoms with Crippen LogP contribution in [0, 0.1) is 6.92 Å². The summed E-state index contributed by atoms with van der Waals surface area (Å²) in [6.45, 7) is 5.89. The summed E-state index contributed by atoms with van der Waals surface area (Å²) in [4.78, 5) is 14.8. The number of thiophene rings is 1. The number of anilines is 1. The van der Waals surface area contributed by atoms with E-state index >= 15 is 0 Å². The Bertz CT molecular complexity index is 607. The van der Waals surface area contributed by atoms with Crippen LogP contribution in [-0.2, 0) is 17.8 Å². The molecular formula is C18H24N2OS. The number of amides is 1. The van der Waals surface area contributed by atoms with Crippen molar-refractivity contribution in [2.45, 2.75) is 39.7 Å². The Balaban J connectivity index is 1.81. The Morgan fingerprint density at radius 3 is 2.73 bits per heavy atom. The van der Waals surface area contributed by atoms with E-state index in [0.29, 0.717) is 6.42 Å². The van der Waals surface area contributed by atoms with Crippen LogP contribution in [0.25, 0.3) is 0 Å². The Morgan fingerprint density at radius 2 is 2.00 bits per heavy atom. The molecule has 0 aliphatic carbocycles. The maximum atomic E-state index is 12.1. The van der Waals surface area contributed by atoms with Crippen LogP contribution in [0.3, 0.4) is 0 Å². The highest BCUT2D eigenvalue weighted by Gasteiger charge is 2.07. The second-order valence-corrected chi connectivity index (χ2v) is 6.72. The zero-order valence-electron chi connectivity index (χ0n) is 13.3. The van der Waals surface area contributed by atoms with E-state index in [0.717, 1.165) is 37.2 Å². The molecule has 0 saturated carbocycles. The van der Waals surface area contributed by atoms with Gasteiger partial charge in [-0.05, 0) is 50.1 Å². The van der Waals surface area contributed by atoms with Crippen LogP contribution in [0.5, 0.6) is 0 Å². The summed E-state index contributed by atoms with van der Waals surface area (Å²) in [5, 5.41) is 6.33. The van der Waals surface area contributed by atoms with Crippen molar-refractivity contribution in [1.82, 2.24) is 5.32 Å². The predicted molar refractivity (Wildman–Crippen MR) is 94.4 cm³/mol. The van der Waals surface area contributed by atoms with E-state index in [1.54, 1.807) is 0 Å². The van der Waals surface area contributed by atoms with Crippen molar-refractivity contribution in [2.75, 3.05) is 11.9 Å². The molecule has 1 heterocycles. The highest BCUT2D eigenvalue weighted by atomic mass is 32.1. The maximum absolute atomic E-state index is 12.1. The zero-order chi connectivity index (χ0) is 15.8. The molecule has 118 valence electrons. The van der Waals surface area contributed by atoms with Gasteiger partial charge in [-0.25, -0.2) is 0 Å². The maximum Gasteiger partial charge on any atom is 0.224 e. The normalized spacial score (nSPS) is 10.6. The number of carbonyl (C=O) groups is 1. The minimum absolute atomic E-state index is 0.0947. The smallest absolute Gasteiger partial charge is 0.224 e. The first kappa shape index (κ1) is 16.7. The van der Waals surface area contributed by atoms with Gasteiger partial charge in [0, 0.05) is 28.4 Å². The van der Waals surface area contributed by atoms with Crippen molar-refractivity contribution in [2.24, 2.45) is 0 Å². The summed E-state index contributed by atoms with van der Waals surface area (Å²) < 4.78 is 0. The summed E-state index contributed by atoms with van der Waals surface area (Å²) in [5.41, 5.74) is 2.05. The van der Waals surface area contributed by atoms with E-state index in [2.05, 4.69) is 36.6 Å². The number of hydrogen-bond acceptors (Lipinski definition) is 3. The number of carbonyl (C=O) groups excluding carboxylic acids is 1. The molecule has 0 atom stereocenters. The Morgan fingerprint density at radius 1 is 1.18 bits per heavy atom. The molecule has 0 aliphatic heterocycles. The fraction of sp³-hybridized carbons (Fsp3) is 0.389. The van der Waals surface area contributed by atoms with Crippen LogP contribution in [0.1, 0.15) is 35.1 Å². The van der Waals surface area contributed by atoms with Gasteiger partial charge in [-0.15, -0.1) is 11.3 Å². The van der Waals surface area contributed by atoms with Gasteiger partial charge in [-0.2, -0.15) is 0 Å². The molecule has 4 heteroatoms. The topological polar surface area (TPSA) is 41.1 Å². The number of para-hydroxylation sites is 1. The second-order valence-electron chi connectivity index (χ2n) is 5.35. The lowest BCUT2D eigenvalue weighted by molar-refractivity contribution is -0.116. The van der Waals surface area contributed by atoms with Crippen LogP contribution in [-0.4, -0.2) is 12.5 Å². The van der Waals surface area contributed by atoms with Crippen molar-refractivity contribution in [3.05, 3.63) is 51.7 Å². The van der Waals surface area contributed by atoms with Gasteiger partial charge in [0.15, 0.2) is 0 Å². The molecule has 1 amide bonds. The molecule has 2 N–H and O–H groups in total. The number of nitrogens with one attached hydrogen (secondary N) is 2. The summed E-state index contributed by atoms with van der Waals surface area (Å²) in [6.07, 6.45) is 2.43. The first-order valence-electron chi connectivity index (χ1n) is 7.83. The van der Waals surface area contributed by atoms with Gasteiger partial charge in [0.1, 0.15) is 0 Å². The molecule has 1 aromatic heterocycles. The molecule has 0 unspecified atom stereocenters. The van der Waals surface area contributed by atoms with Crippen molar-refractivity contribution < 1.29 is 4.79 Å². The van der Waals surface area contributed by atoms with Gasteiger partial charge in [-0.3, -0.25) is 4.79 Å². The van der Waals surface area contributed by atoms with E-state index in [4.69, 9.17) is 0 Å². The molecule has 3 nitrogen and oxygen atoms in total. The van der Waals surface area contributed by atoms with E-state index in [1.165, 1.54) is 9.75 Å². The molecular weight excluding hydrogens is 292 g/mol. The van der Waals surface area contributed by atoms with Crippen LogP contribution in [0.2, 0.25) is 0 Å². The predicted octanol–water partition coefficient (Wildman–Crippen LogP) is 4.13. The quantitative estimate of drug-likeness (QED) is 0.769. The molecule has 0 aliphatic rings. The Kier molecular flexibility index (Phi) is 6.62. The van der Waals surface area contributed by atoms with Gasteiger partial charge in [0.25, 0.3) is 0 Å². The largest absolute Gasteiger partial charge is 0.326 e. The molecule has 1 aromatic carbocycles. The third kappa shape index (κ3) is 5.28. The van der Waals surface area contributed by atoms with Crippen molar-refractivity contribution in [3.63, 3.8) is 0 Å². The fourth-order valence-corrected chi connectivity index (χ4v) is 3.24. The molecule has 0 radical (unpaired) electrons. The molecule has 0 spiro atoms. The molecule has 22 heavy (non-hydrogen) atoms. The molecule has 0 bridgehead atoms. The molecule has 0 fully saturated rings. The Labute approximate surface area is 136 Å². The second kappa shape index (κ2) is 8.71. The van der Waals surface area contributed by atoms with E-state index < -0.39 is 0 Å². The highest BCUT2D eigenvalue weighted by Crippen LogP contribution is 2.18. The zero-order valence-corrected chi connectivity index (χ0v) is 14.1. The lowest BCUT2D eigenvalue weighted by atomic mass is 10.1. The Hall–Kier alpha value is -1.65. The van der Waals surface area contributed by atoms with Crippen LogP contribution < -0.4 is 10.6 Å². The van der Waals surface area contributed by atoms with Crippen LogP contribution >= 0.6 is 11.3 Å². The van der Waals surface area contributed by atoms with E-state index in [1.807, 2.05) is 35.6 Å². The first-order chi connectivity index (χ1) is 10.7. The van der Waals surface area contributed by atoms with Gasteiger partial charge >= 0.3 is 0 Å². The summed E-state index contributed by atoms with van der Waals surface area (Å²) >= 11 is 1.81. The van der Waals surface area contributed by atoms with Gasteiger partial charge in [0.2, 0.25) is 5.91 Å². The molecule has 2 aromatic rings. The SMILES string of the molecule is CCNCc1ccccc1NC(=O)CCCc1ccc(C)s1. The molecule has 0 saturated heterocycles.